The van der Waals surface area contributed by atoms with E-state index in [1.54, 1.807) is 18.1 Å². The summed E-state index contributed by atoms with van der Waals surface area (Å²) in [6.07, 6.45) is 2.61. The van der Waals surface area contributed by atoms with E-state index in [0.717, 1.165) is 35.1 Å². The Hall–Kier alpha value is -3.68. The van der Waals surface area contributed by atoms with E-state index in [0.29, 0.717) is 30.0 Å². The molecule has 0 bridgehead atoms. The SMILES string of the molecule is COc1ccc2c(c1)CCN(C(=O)CCc1cc(=O)[nH]o1)[C@H]2C(=O)Cc1cc(F)c2c(c1)CCC2(C)C. The van der Waals surface area contributed by atoms with E-state index in [1.807, 2.05) is 32.0 Å². The summed E-state index contributed by atoms with van der Waals surface area (Å²) in [6, 6.07) is 9.49. The lowest BCUT2D eigenvalue weighted by Crippen LogP contribution is -2.44. The van der Waals surface area contributed by atoms with Crippen LogP contribution in [-0.2, 0) is 40.7 Å². The van der Waals surface area contributed by atoms with Gasteiger partial charge < -0.3 is 14.2 Å². The lowest BCUT2D eigenvalue weighted by molar-refractivity contribution is -0.140. The molecule has 1 N–H and O–H groups in total. The molecule has 8 heteroatoms. The van der Waals surface area contributed by atoms with Crippen LogP contribution >= 0.6 is 0 Å². The van der Waals surface area contributed by atoms with E-state index in [1.165, 1.54) is 12.1 Å². The number of fused-ring (bicyclic) bond motifs is 2. The van der Waals surface area contributed by atoms with Crippen molar-refractivity contribution in [1.82, 2.24) is 10.1 Å². The number of aryl methyl sites for hydroxylation is 2. The van der Waals surface area contributed by atoms with Crippen molar-refractivity contribution in [3.8, 4) is 5.75 Å². The van der Waals surface area contributed by atoms with Gasteiger partial charge in [-0.25, -0.2) is 4.39 Å². The second-order valence-corrected chi connectivity index (χ2v) is 10.6. The van der Waals surface area contributed by atoms with Gasteiger partial charge in [0.1, 0.15) is 23.4 Å². The highest BCUT2D eigenvalue weighted by Gasteiger charge is 2.37. The Morgan fingerprint density at radius 1 is 1.16 bits per heavy atom. The van der Waals surface area contributed by atoms with Crippen LogP contribution in [0.5, 0.6) is 5.75 Å². The van der Waals surface area contributed by atoms with Gasteiger partial charge in [-0.15, -0.1) is 0 Å². The molecule has 2 aromatic carbocycles. The molecule has 1 aliphatic heterocycles. The lowest BCUT2D eigenvalue weighted by Gasteiger charge is -2.37. The number of carbonyl (C=O) groups is 2. The smallest absolute Gasteiger partial charge is 0.280 e. The maximum Gasteiger partial charge on any atom is 0.280 e. The normalized spacial score (nSPS) is 17.8. The van der Waals surface area contributed by atoms with Gasteiger partial charge in [-0.1, -0.05) is 26.0 Å². The van der Waals surface area contributed by atoms with Crippen LogP contribution in [0.25, 0.3) is 0 Å². The standard InChI is InChI=1S/C29H31FN2O5/c1-29(2)10-8-19-12-17(13-23(30)27(19)29)14-24(33)28-22-6-4-20(36-3)15-18(22)9-11-32(28)26(35)7-5-21-16-25(34)31-37-21/h4,6,12-13,15-16,28H,5,7-11,14H2,1-3H3,(H,31,34)/t28-/m1/s1. The molecule has 194 valence electrons. The molecule has 0 saturated heterocycles. The van der Waals surface area contributed by atoms with Crippen molar-refractivity contribution in [3.63, 3.8) is 0 Å². The number of ketones is 1. The first kappa shape index (κ1) is 25.0. The van der Waals surface area contributed by atoms with Crippen LogP contribution in [0.15, 0.2) is 45.7 Å². The molecule has 0 unspecified atom stereocenters. The minimum absolute atomic E-state index is 0.0250. The average molecular weight is 507 g/mol. The second-order valence-electron chi connectivity index (χ2n) is 10.6. The number of rotatable bonds is 7. The fourth-order valence-electron chi connectivity index (χ4n) is 5.82. The van der Waals surface area contributed by atoms with Crippen LogP contribution < -0.4 is 10.3 Å². The summed E-state index contributed by atoms with van der Waals surface area (Å²) in [7, 11) is 1.59. The van der Waals surface area contributed by atoms with Gasteiger partial charge in [-0.2, -0.15) is 5.16 Å². The van der Waals surface area contributed by atoms with E-state index in [9.17, 15) is 14.4 Å². The third kappa shape index (κ3) is 4.84. The minimum Gasteiger partial charge on any atom is -0.497 e. The largest absolute Gasteiger partial charge is 0.497 e. The van der Waals surface area contributed by atoms with Crippen LogP contribution in [0.2, 0.25) is 0 Å². The van der Waals surface area contributed by atoms with Crippen LogP contribution in [0.4, 0.5) is 4.39 Å². The molecule has 37 heavy (non-hydrogen) atoms. The predicted molar refractivity (Wildman–Crippen MR) is 135 cm³/mol. The van der Waals surface area contributed by atoms with Crippen molar-refractivity contribution < 1.29 is 23.2 Å². The Kier molecular flexibility index (Phi) is 6.52. The van der Waals surface area contributed by atoms with Gasteiger partial charge in [0.05, 0.1) is 7.11 Å². The Morgan fingerprint density at radius 2 is 1.97 bits per heavy atom. The Morgan fingerprint density at radius 3 is 2.70 bits per heavy atom. The average Bonchev–Trinajstić information content (AvgIpc) is 3.42. The first-order valence-corrected chi connectivity index (χ1v) is 12.6. The van der Waals surface area contributed by atoms with E-state index in [4.69, 9.17) is 9.26 Å². The number of carbonyl (C=O) groups excluding carboxylic acids is 2. The maximum absolute atomic E-state index is 15.1. The first-order chi connectivity index (χ1) is 17.7. The molecular weight excluding hydrogens is 475 g/mol. The van der Waals surface area contributed by atoms with E-state index in [2.05, 4.69) is 5.16 Å². The number of H-pyrrole nitrogens is 1. The fourth-order valence-corrected chi connectivity index (χ4v) is 5.82. The topological polar surface area (TPSA) is 92.6 Å². The molecular formula is C29H31FN2O5. The number of nitrogens with one attached hydrogen (secondary N) is 1. The highest BCUT2D eigenvalue weighted by molar-refractivity contribution is 5.92. The lowest BCUT2D eigenvalue weighted by atomic mass is 9.84. The Bertz CT molecular complexity index is 1420. The van der Waals surface area contributed by atoms with Gasteiger partial charge in [0, 0.05) is 31.9 Å². The monoisotopic (exact) mass is 506 g/mol. The number of benzene rings is 2. The van der Waals surface area contributed by atoms with Crippen molar-refractivity contribution >= 4 is 11.7 Å². The summed E-state index contributed by atoms with van der Waals surface area (Å²) in [5, 5.41) is 2.23. The number of amides is 1. The summed E-state index contributed by atoms with van der Waals surface area (Å²) in [4.78, 5) is 40.1. The van der Waals surface area contributed by atoms with Gasteiger partial charge in [0.15, 0.2) is 5.78 Å². The predicted octanol–water partition coefficient (Wildman–Crippen LogP) is 4.21. The van der Waals surface area contributed by atoms with Crippen molar-refractivity contribution in [2.24, 2.45) is 0 Å². The summed E-state index contributed by atoms with van der Waals surface area (Å²) >= 11 is 0. The molecule has 0 fully saturated rings. The van der Waals surface area contributed by atoms with Gasteiger partial charge in [0.2, 0.25) is 5.91 Å². The number of aromatic nitrogens is 1. The second kappa shape index (κ2) is 9.65. The van der Waals surface area contributed by atoms with Crippen LogP contribution in [-0.4, -0.2) is 35.4 Å². The number of hydrogen-bond acceptors (Lipinski definition) is 5. The fraction of sp³-hybridized carbons (Fsp3) is 0.414. The molecule has 0 saturated carbocycles. The van der Waals surface area contributed by atoms with Crippen LogP contribution in [0, 0.1) is 5.82 Å². The zero-order valence-corrected chi connectivity index (χ0v) is 21.4. The van der Waals surface area contributed by atoms with E-state index < -0.39 is 6.04 Å². The molecule has 2 aliphatic rings. The number of halogens is 1. The van der Waals surface area contributed by atoms with Gasteiger partial charge >= 0.3 is 0 Å². The number of aromatic amines is 1. The molecule has 1 aromatic heterocycles. The molecule has 1 atom stereocenters. The van der Waals surface area contributed by atoms with E-state index in [-0.39, 0.29) is 47.7 Å². The number of Topliss-reactive ketones (excluding diaryl/α,β-unsaturated/α-hetero) is 1. The zero-order valence-electron chi connectivity index (χ0n) is 21.4. The highest BCUT2D eigenvalue weighted by atomic mass is 19.1. The number of methoxy groups -OCH3 is 1. The third-order valence-corrected chi connectivity index (χ3v) is 7.67. The van der Waals surface area contributed by atoms with E-state index >= 15 is 4.39 Å². The first-order valence-electron chi connectivity index (χ1n) is 12.6. The zero-order chi connectivity index (χ0) is 26.3. The van der Waals surface area contributed by atoms with Crippen molar-refractivity contribution in [2.45, 2.75) is 63.8 Å². The Balaban J connectivity index is 1.43. The van der Waals surface area contributed by atoms with Crippen molar-refractivity contribution in [1.29, 1.82) is 0 Å². The number of hydrogen-bond donors (Lipinski definition) is 1. The summed E-state index contributed by atoms with van der Waals surface area (Å²) < 4.78 is 25.5. The summed E-state index contributed by atoms with van der Waals surface area (Å²) in [6.45, 7) is 4.46. The molecule has 0 spiro atoms. The summed E-state index contributed by atoms with van der Waals surface area (Å²) in [5.74, 6) is 0.447. The van der Waals surface area contributed by atoms with Gasteiger partial charge in [0.25, 0.3) is 5.56 Å². The Labute approximate surface area is 214 Å². The van der Waals surface area contributed by atoms with Gasteiger partial charge in [-0.3, -0.25) is 14.4 Å². The molecule has 1 amide bonds. The number of ether oxygens (including phenoxy) is 1. The molecule has 7 nitrogen and oxygen atoms in total. The van der Waals surface area contributed by atoms with Crippen LogP contribution in [0.3, 0.4) is 0 Å². The molecule has 2 heterocycles. The highest BCUT2D eigenvalue weighted by Crippen LogP contribution is 2.41. The number of nitrogens with zero attached hydrogens (tertiary/aromatic N) is 1. The quantitative estimate of drug-likeness (QED) is 0.518. The van der Waals surface area contributed by atoms with Crippen molar-refractivity contribution in [3.05, 3.63) is 86.1 Å². The maximum atomic E-state index is 15.1. The molecule has 1 aliphatic carbocycles. The molecule has 0 radical (unpaired) electrons. The van der Waals surface area contributed by atoms with Crippen molar-refractivity contribution in [2.75, 3.05) is 13.7 Å². The molecule has 5 rings (SSSR count). The van der Waals surface area contributed by atoms with Crippen LogP contribution in [0.1, 0.15) is 66.3 Å². The summed E-state index contributed by atoms with van der Waals surface area (Å²) in [5.41, 5.74) is 3.48. The third-order valence-electron chi connectivity index (χ3n) is 7.67. The van der Waals surface area contributed by atoms with Gasteiger partial charge in [-0.05, 0) is 70.7 Å². The molecule has 3 aromatic rings. The minimum atomic E-state index is -0.784.